The van der Waals surface area contributed by atoms with E-state index in [2.05, 4.69) is 12.2 Å². The monoisotopic (exact) mass is 421 g/mol. The minimum Gasteiger partial charge on any atom is -0.494 e. The van der Waals surface area contributed by atoms with E-state index in [0.717, 1.165) is 18.6 Å². The van der Waals surface area contributed by atoms with E-state index in [1.54, 1.807) is 12.1 Å². The van der Waals surface area contributed by atoms with Crippen LogP contribution in [0.25, 0.3) is 0 Å². The fourth-order valence-corrected chi connectivity index (χ4v) is 4.01. The summed E-state index contributed by atoms with van der Waals surface area (Å²) in [7, 11) is 0. The molecule has 0 radical (unpaired) electrons. The van der Waals surface area contributed by atoms with Gasteiger partial charge < -0.3 is 33.7 Å². The number of rotatable bonds is 6. The van der Waals surface area contributed by atoms with Crippen LogP contribution in [0.15, 0.2) is 24.3 Å². The van der Waals surface area contributed by atoms with Gasteiger partial charge in [0.25, 0.3) is 5.91 Å². The van der Waals surface area contributed by atoms with Crippen LogP contribution in [0, 0.1) is 0 Å². The van der Waals surface area contributed by atoms with Gasteiger partial charge in [0.05, 0.1) is 6.61 Å². The molecule has 0 saturated carbocycles. The lowest BCUT2D eigenvalue weighted by molar-refractivity contribution is -0.229. The summed E-state index contributed by atoms with van der Waals surface area (Å²) < 4.78 is 35.5. The predicted molar refractivity (Wildman–Crippen MR) is 108 cm³/mol. The van der Waals surface area contributed by atoms with Crippen molar-refractivity contribution >= 4 is 11.6 Å². The molecule has 3 fully saturated rings. The largest absolute Gasteiger partial charge is 0.494 e. The van der Waals surface area contributed by atoms with Crippen LogP contribution >= 0.6 is 0 Å². The van der Waals surface area contributed by atoms with E-state index in [9.17, 15) is 4.79 Å². The van der Waals surface area contributed by atoms with Gasteiger partial charge in [-0.3, -0.25) is 4.79 Å². The molecule has 1 aromatic carbocycles. The van der Waals surface area contributed by atoms with Crippen molar-refractivity contribution in [1.29, 1.82) is 0 Å². The van der Waals surface area contributed by atoms with E-state index < -0.39 is 42.3 Å². The fraction of sp³-hybridized carbons (Fsp3) is 0.682. The van der Waals surface area contributed by atoms with E-state index in [-0.39, 0.29) is 5.91 Å². The van der Waals surface area contributed by atoms with Crippen LogP contribution < -0.4 is 10.1 Å². The van der Waals surface area contributed by atoms with Gasteiger partial charge in [-0.05, 0) is 58.4 Å². The highest BCUT2D eigenvalue weighted by Gasteiger charge is 2.62. The van der Waals surface area contributed by atoms with Crippen LogP contribution in [0.1, 0.15) is 47.5 Å². The molecule has 1 N–H and O–H groups in total. The third-order valence-corrected chi connectivity index (χ3v) is 5.30. The van der Waals surface area contributed by atoms with Gasteiger partial charge >= 0.3 is 0 Å². The molecule has 1 aromatic rings. The molecule has 1 amide bonds. The molecule has 8 heteroatoms. The SMILES string of the molecule is CCCCOc1ccc(NC(=O)[C@@H]2O[C@@H]3OC(C)(C)O[C@@H]3[C@H]3OC(C)(C)O[C@H]32)cc1. The molecule has 3 heterocycles. The van der Waals surface area contributed by atoms with Crippen molar-refractivity contribution in [2.45, 2.75) is 89.7 Å². The van der Waals surface area contributed by atoms with Crippen molar-refractivity contribution in [2.75, 3.05) is 11.9 Å². The maximum Gasteiger partial charge on any atom is 0.256 e. The molecule has 0 aliphatic carbocycles. The summed E-state index contributed by atoms with van der Waals surface area (Å²) in [6.45, 7) is 10.0. The summed E-state index contributed by atoms with van der Waals surface area (Å²) >= 11 is 0. The van der Waals surface area contributed by atoms with Crippen LogP contribution in [0.4, 0.5) is 5.69 Å². The Morgan fingerprint density at radius 2 is 1.60 bits per heavy atom. The maximum atomic E-state index is 13.1. The topological polar surface area (TPSA) is 84.5 Å². The second-order valence-corrected chi connectivity index (χ2v) is 8.81. The quantitative estimate of drug-likeness (QED) is 0.706. The van der Waals surface area contributed by atoms with Crippen LogP contribution in [0.2, 0.25) is 0 Å². The Bertz CT molecular complexity index is 763. The molecule has 5 atom stereocenters. The van der Waals surface area contributed by atoms with Gasteiger partial charge in [-0.2, -0.15) is 0 Å². The first-order valence-electron chi connectivity index (χ1n) is 10.6. The first kappa shape index (κ1) is 21.5. The van der Waals surface area contributed by atoms with Gasteiger partial charge in [0, 0.05) is 5.69 Å². The van der Waals surface area contributed by atoms with E-state index in [1.807, 2.05) is 39.8 Å². The first-order valence-corrected chi connectivity index (χ1v) is 10.6. The van der Waals surface area contributed by atoms with Crippen molar-refractivity contribution in [2.24, 2.45) is 0 Å². The summed E-state index contributed by atoms with van der Waals surface area (Å²) in [6, 6.07) is 7.27. The van der Waals surface area contributed by atoms with E-state index in [0.29, 0.717) is 12.3 Å². The molecule has 8 nitrogen and oxygen atoms in total. The number of amides is 1. The van der Waals surface area contributed by atoms with Gasteiger partial charge in [0.2, 0.25) is 0 Å². The number of nitrogens with one attached hydrogen (secondary N) is 1. The number of unbranched alkanes of at least 4 members (excludes halogenated alkanes) is 1. The Kier molecular flexibility index (Phi) is 5.80. The lowest BCUT2D eigenvalue weighted by atomic mass is 9.98. The molecule has 3 aliphatic rings. The molecule has 0 aromatic heterocycles. The Morgan fingerprint density at radius 1 is 0.967 bits per heavy atom. The zero-order valence-corrected chi connectivity index (χ0v) is 18.2. The Morgan fingerprint density at radius 3 is 2.30 bits per heavy atom. The summed E-state index contributed by atoms with van der Waals surface area (Å²) in [5.74, 6) is -1.22. The first-order chi connectivity index (χ1) is 14.2. The average Bonchev–Trinajstić information content (AvgIpc) is 3.16. The second kappa shape index (κ2) is 8.09. The summed E-state index contributed by atoms with van der Waals surface area (Å²) in [4.78, 5) is 13.1. The third kappa shape index (κ3) is 4.48. The van der Waals surface area contributed by atoms with Crippen molar-refractivity contribution in [3.05, 3.63) is 24.3 Å². The lowest BCUT2D eigenvalue weighted by Gasteiger charge is -2.36. The standard InChI is InChI=1S/C22H31NO7/c1-6-7-12-25-14-10-8-13(9-11-14)23-19(24)17-15-16(28-21(2,3)27-15)18-20(26-17)30-22(4,5)29-18/h8-11,15-18,20H,6-7,12H2,1-5H3,(H,23,24)/t15-,16+,17-,18-,20-/m1/s1. The van der Waals surface area contributed by atoms with Crippen molar-refractivity contribution in [3.8, 4) is 5.75 Å². The number of hydrogen-bond acceptors (Lipinski definition) is 7. The number of fused-ring (bicyclic) bond motifs is 3. The summed E-state index contributed by atoms with van der Waals surface area (Å²) in [5, 5.41) is 2.90. The predicted octanol–water partition coefficient (Wildman–Crippen LogP) is 3.20. The molecule has 0 spiro atoms. The molecule has 166 valence electrons. The van der Waals surface area contributed by atoms with Gasteiger partial charge in [0.15, 0.2) is 24.0 Å². The summed E-state index contributed by atoms with van der Waals surface area (Å²) in [5.41, 5.74) is 0.646. The normalized spacial score (nSPS) is 33.6. The Balaban J connectivity index is 1.45. The number of benzene rings is 1. The number of carbonyl (C=O) groups is 1. The number of carbonyl (C=O) groups excluding carboxylic acids is 1. The van der Waals surface area contributed by atoms with Gasteiger partial charge in [-0.25, -0.2) is 0 Å². The zero-order valence-electron chi connectivity index (χ0n) is 18.2. The van der Waals surface area contributed by atoms with Crippen LogP contribution in [-0.2, 0) is 28.5 Å². The number of hydrogen-bond donors (Lipinski definition) is 1. The van der Waals surface area contributed by atoms with Crippen molar-refractivity contribution < 1.29 is 33.2 Å². The van der Waals surface area contributed by atoms with Crippen molar-refractivity contribution in [1.82, 2.24) is 0 Å². The molecule has 0 unspecified atom stereocenters. The van der Waals surface area contributed by atoms with E-state index in [4.69, 9.17) is 28.4 Å². The summed E-state index contributed by atoms with van der Waals surface area (Å²) in [6.07, 6.45) is -1.05. The number of ether oxygens (including phenoxy) is 6. The molecule has 30 heavy (non-hydrogen) atoms. The molecular formula is C22H31NO7. The highest BCUT2D eigenvalue weighted by molar-refractivity contribution is 5.94. The molecule has 3 aliphatic heterocycles. The molecule has 3 saturated heterocycles. The lowest BCUT2D eigenvalue weighted by Crippen LogP contribution is -2.58. The van der Waals surface area contributed by atoms with Crippen molar-refractivity contribution in [3.63, 3.8) is 0 Å². The minimum absolute atomic E-state index is 0.322. The van der Waals surface area contributed by atoms with E-state index >= 15 is 0 Å². The molecule has 0 bridgehead atoms. The van der Waals surface area contributed by atoms with Gasteiger partial charge in [0.1, 0.15) is 24.1 Å². The highest BCUT2D eigenvalue weighted by atomic mass is 16.9. The van der Waals surface area contributed by atoms with Gasteiger partial charge in [-0.1, -0.05) is 13.3 Å². The Hall–Kier alpha value is -1.71. The van der Waals surface area contributed by atoms with Crippen LogP contribution in [0.5, 0.6) is 5.75 Å². The van der Waals surface area contributed by atoms with Crippen LogP contribution in [0.3, 0.4) is 0 Å². The Labute approximate surface area is 177 Å². The van der Waals surface area contributed by atoms with Crippen LogP contribution in [-0.4, -0.2) is 54.8 Å². The highest BCUT2D eigenvalue weighted by Crippen LogP contribution is 2.44. The maximum absolute atomic E-state index is 13.1. The third-order valence-electron chi connectivity index (χ3n) is 5.30. The average molecular weight is 421 g/mol. The molecular weight excluding hydrogens is 390 g/mol. The zero-order chi connectivity index (χ0) is 21.5. The minimum atomic E-state index is -0.893. The molecule has 4 rings (SSSR count). The number of anilines is 1. The fourth-order valence-electron chi connectivity index (χ4n) is 4.01. The van der Waals surface area contributed by atoms with Gasteiger partial charge in [-0.15, -0.1) is 0 Å². The smallest absolute Gasteiger partial charge is 0.256 e. The second-order valence-electron chi connectivity index (χ2n) is 8.81. The van der Waals surface area contributed by atoms with E-state index in [1.165, 1.54) is 0 Å².